The first-order valence-electron chi connectivity index (χ1n) is 10.6. The zero-order valence-electron chi connectivity index (χ0n) is 18.2. The van der Waals surface area contributed by atoms with E-state index < -0.39 is 11.7 Å². The molecule has 1 fully saturated rings. The number of rotatable bonds is 8. The highest BCUT2D eigenvalue weighted by molar-refractivity contribution is 6.04. The van der Waals surface area contributed by atoms with Gasteiger partial charge in [-0.15, -0.1) is 0 Å². The maximum atomic E-state index is 13.5. The van der Waals surface area contributed by atoms with Crippen LogP contribution in [0.5, 0.6) is 0 Å². The molecule has 3 aromatic rings. The first-order chi connectivity index (χ1) is 15.4. The topological polar surface area (TPSA) is 65.8 Å². The SMILES string of the molecule is CN(C)c1ccc(NC(=O)c2cccc(F)c2)cc1CN(Cc1ccco1)C(=O)C1CC1. The molecule has 1 heterocycles. The van der Waals surface area contributed by atoms with Gasteiger partial charge in [-0.3, -0.25) is 9.59 Å². The summed E-state index contributed by atoms with van der Waals surface area (Å²) in [5.74, 6) is 0.0490. The van der Waals surface area contributed by atoms with Crippen molar-refractivity contribution in [2.24, 2.45) is 5.92 Å². The average Bonchev–Trinajstić information content (AvgIpc) is 3.49. The van der Waals surface area contributed by atoms with Crippen molar-refractivity contribution in [1.29, 1.82) is 0 Å². The predicted octanol–water partition coefficient (Wildman–Crippen LogP) is 4.68. The molecule has 0 radical (unpaired) electrons. The van der Waals surface area contributed by atoms with Gasteiger partial charge in [0.25, 0.3) is 5.91 Å². The molecule has 1 saturated carbocycles. The average molecular weight is 435 g/mol. The van der Waals surface area contributed by atoms with Crippen LogP contribution in [-0.4, -0.2) is 30.8 Å². The van der Waals surface area contributed by atoms with Crippen LogP contribution in [0.4, 0.5) is 15.8 Å². The van der Waals surface area contributed by atoms with E-state index >= 15 is 0 Å². The highest BCUT2D eigenvalue weighted by Gasteiger charge is 2.34. The van der Waals surface area contributed by atoms with Gasteiger partial charge < -0.3 is 19.5 Å². The van der Waals surface area contributed by atoms with Gasteiger partial charge in [0.2, 0.25) is 5.91 Å². The molecular weight excluding hydrogens is 409 g/mol. The third kappa shape index (κ3) is 5.17. The minimum absolute atomic E-state index is 0.0728. The van der Waals surface area contributed by atoms with Gasteiger partial charge in [0, 0.05) is 43.5 Å². The lowest BCUT2D eigenvalue weighted by atomic mass is 10.1. The number of carbonyl (C=O) groups is 2. The van der Waals surface area contributed by atoms with E-state index in [0.29, 0.717) is 18.8 Å². The van der Waals surface area contributed by atoms with E-state index in [1.54, 1.807) is 23.3 Å². The maximum Gasteiger partial charge on any atom is 0.255 e. The summed E-state index contributed by atoms with van der Waals surface area (Å²) in [6, 6.07) is 14.8. The lowest BCUT2D eigenvalue weighted by Gasteiger charge is -2.26. The highest BCUT2D eigenvalue weighted by atomic mass is 19.1. The number of nitrogens with one attached hydrogen (secondary N) is 1. The van der Waals surface area contributed by atoms with Crippen LogP contribution >= 0.6 is 0 Å². The molecule has 2 amide bonds. The molecule has 0 spiro atoms. The summed E-state index contributed by atoms with van der Waals surface area (Å²) in [6.45, 7) is 0.766. The fraction of sp³-hybridized carbons (Fsp3) is 0.280. The van der Waals surface area contributed by atoms with Gasteiger partial charge in [0.1, 0.15) is 11.6 Å². The Morgan fingerprint density at radius 2 is 1.88 bits per heavy atom. The predicted molar refractivity (Wildman–Crippen MR) is 121 cm³/mol. The molecule has 0 atom stereocenters. The number of carbonyl (C=O) groups excluding carboxylic acids is 2. The molecule has 0 aliphatic heterocycles. The highest BCUT2D eigenvalue weighted by Crippen LogP contribution is 2.33. The summed E-state index contributed by atoms with van der Waals surface area (Å²) in [5, 5.41) is 2.83. The molecule has 166 valence electrons. The van der Waals surface area contributed by atoms with Gasteiger partial charge in [0.05, 0.1) is 12.8 Å². The minimum Gasteiger partial charge on any atom is -0.467 e. The summed E-state index contributed by atoms with van der Waals surface area (Å²) in [7, 11) is 3.87. The Bertz CT molecular complexity index is 1110. The molecule has 0 saturated heterocycles. The van der Waals surface area contributed by atoms with Crippen molar-refractivity contribution in [3.8, 4) is 0 Å². The summed E-state index contributed by atoms with van der Waals surface area (Å²) in [6.07, 6.45) is 3.43. The Labute approximate surface area is 186 Å². The van der Waals surface area contributed by atoms with E-state index in [0.717, 1.165) is 29.9 Å². The fourth-order valence-corrected chi connectivity index (χ4v) is 3.66. The van der Waals surface area contributed by atoms with Crippen LogP contribution in [0.1, 0.15) is 34.5 Å². The zero-order valence-corrected chi connectivity index (χ0v) is 18.2. The Balaban J connectivity index is 1.59. The molecule has 7 heteroatoms. The lowest BCUT2D eigenvalue weighted by molar-refractivity contribution is -0.134. The quantitative estimate of drug-likeness (QED) is 0.558. The zero-order chi connectivity index (χ0) is 22.7. The number of amides is 2. The van der Waals surface area contributed by atoms with Crippen LogP contribution in [0.15, 0.2) is 65.3 Å². The van der Waals surface area contributed by atoms with Gasteiger partial charge in [-0.05, 0) is 66.9 Å². The van der Waals surface area contributed by atoms with Crippen LogP contribution in [0.25, 0.3) is 0 Å². The molecule has 0 unspecified atom stereocenters. The van der Waals surface area contributed by atoms with Crippen molar-refractivity contribution in [1.82, 2.24) is 4.90 Å². The minimum atomic E-state index is -0.464. The molecule has 1 aliphatic carbocycles. The molecule has 0 bridgehead atoms. The number of halogens is 1. The van der Waals surface area contributed by atoms with Gasteiger partial charge in [-0.2, -0.15) is 0 Å². The third-order valence-electron chi connectivity index (χ3n) is 5.43. The van der Waals surface area contributed by atoms with Crippen molar-refractivity contribution < 1.29 is 18.4 Å². The summed E-state index contributed by atoms with van der Waals surface area (Å²) in [4.78, 5) is 29.3. The fourth-order valence-electron chi connectivity index (χ4n) is 3.66. The second-order valence-corrected chi connectivity index (χ2v) is 8.25. The molecular formula is C25H26FN3O3. The van der Waals surface area contributed by atoms with Crippen molar-refractivity contribution in [2.75, 3.05) is 24.3 Å². The van der Waals surface area contributed by atoms with Crippen LogP contribution in [-0.2, 0) is 17.9 Å². The van der Waals surface area contributed by atoms with E-state index in [-0.39, 0.29) is 17.4 Å². The lowest BCUT2D eigenvalue weighted by Crippen LogP contribution is -2.32. The van der Waals surface area contributed by atoms with Crippen LogP contribution in [0.2, 0.25) is 0 Å². The van der Waals surface area contributed by atoms with Crippen molar-refractivity contribution in [2.45, 2.75) is 25.9 Å². The standard InChI is InChI=1S/C25H26FN3O3/c1-28(2)23-11-10-21(27-24(30)18-5-3-6-20(26)13-18)14-19(23)15-29(25(31)17-8-9-17)16-22-7-4-12-32-22/h3-7,10-14,17H,8-9,15-16H2,1-2H3,(H,27,30). The summed E-state index contributed by atoms with van der Waals surface area (Å²) in [5.41, 5.74) is 2.66. The van der Waals surface area contributed by atoms with Crippen LogP contribution in [0, 0.1) is 11.7 Å². The van der Waals surface area contributed by atoms with Gasteiger partial charge >= 0.3 is 0 Å². The van der Waals surface area contributed by atoms with E-state index in [4.69, 9.17) is 4.42 Å². The second kappa shape index (κ2) is 9.26. The monoisotopic (exact) mass is 435 g/mol. The maximum absolute atomic E-state index is 13.5. The summed E-state index contributed by atoms with van der Waals surface area (Å²) >= 11 is 0. The van der Waals surface area contributed by atoms with E-state index in [1.165, 1.54) is 18.2 Å². The normalized spacial score (nSPS) is 13.0. The van der Waals surface area contributed by atoms with Crippen molar-refractivity contribution in [3.05, 3.63) is 83.6 Å². The first-order valence-corrected chi connectivity index (χ1v) is 10.6. The number of benzene rings is 2. The Hall–Kier alpha value is -3.61. The van der Waals surface area contributed by atoms with E-state index in [1.807, 2.05) is 43.3 Å². The number of hydrogen-bond acceptors (Lipinski definition) is 4. The Kier molecular flexibility index (Phi) is 6.25. The number of anilines is 2. The second-order valence-electron chi connectivity index (χ2n) is 8.25. The molecule has 1 N–H and O–H groups in total. The molecule has 2 aromatic carbocycles. The van der Waals surface area contributed by atoms with Crippen LogP contribution < -0.4 is 10.2 Å². The number of nitrogens with zero attached hydrogens (tertiary/aromatic N) is 2. The largest absolute Gasteiger partial charge is 0.467 e. The van der Waals surface area contributed by atoms with Gasteiger partial charge in [0.15, 0.2) is 0 Å². The van der Waals surface area contributed by atoms with E-state index in [9.17, 15) is 14.0 Å². The molecule has 4 rings (SSSR count). The Morgan fingerprint density at radius 1 is 1.06 bits per heavy atom. The van der Waals surface area contributed by atoms with Crippen molar-refractivity contribution in [3.63, 3.8) is 0 Å². The Morgan fingerprint density at radius 3 is 2.53 bits per heavy atom. The molecule has 6 nitrogen and oxygen atoms in total. The van der Waals surface area contributed by atoms with Gasteiger partial charge in [-0.25, -0.2) is 4.39 Å². The van der Waals surface area contributed by atoms with Gasteiger partial charge in [-0.1, -0.05) is 6.07 Å². The first kappa shape index (κ1) is 21.6. The van der Waals surface area contributed by atoms with Crippen molar-refractivity contribution >= 4 is 23.2 Å². The molecule has 32 heavy (non-hydrogen) atoms. The smallest absolute Gasteiger partial charge is 0.255 e. The molecule has 1 aliphatic rings. The van der Waals surface area contributed by atoms with E-state index in [2.05, 4.69) is 5.32 Å². The molecule has 1 aromatic heterocycles. The third-order valence-corrected chi connectivity index (χ3v) is 5.43. The summed E-state index contributed by atoms with van der Waals surface area (Å²) < 4.78 is 19.0. The van der Waals surface area contributed by atoms with Crippen LogP contribution in [0.3, 0.4) is 0 Å². The number of hydrogen-bond donors (Lipinski definition) is 1. The number of furan rings is 1.